The fourth-order valence-electron chi connectivity index (χ4n) is 2.67. The summed E-state index contributed by atoms with van der Waals surface area (Å²) in [6.45, 7) is 4.15. The molecule has 0 radical (unpaired) electrons. The standard InChI is InChI=1S/C20H18Cl2N2O2/c1-13(2)15-5-3-4-6-18(15)26-20(24-10-9-23-12-24)19(25)16-8-7-14(21)11-17(16)22/h3-13,20H,1-2H3. The molecule has 1 unspecified atom stereocenters. The number of hydrogen-bond acceptors (Lipinski definition) is 3. The van der Waals surface area contributed by atoms with Crippen molar-refractivity contribution in [1.29, 1.82) is 0 Å². The molecule has 0 spiro atoms. The van der Waals surface area contributed by atoms with E-state index in [4.69, 9.17) is 27.9 Å². The number of carbonyl (C=O) groups is 1. The van der Waals surface area contributed by atoms with Crippen molar-refractivity contribution in [2.24, 2.45) is 0 Å². The molecule has 4 nitrogen and oxygen atoms in total. The maximum atomic E-state index is 13.2. The highest BCUT2D eigenvalue weighted by atomic mass is 35.5. The normalized spacial score (nSPS) is 12.2. The molecule has 0 aliphatic rings. The van der Waals surface area contributed by atoms with E-state index in [2.05, 4.69) is 18.8 Å². The molecule has 1 heterocycles. The van der Waals surface area contributed by atoms with Crippen LogP contribution in [0.4, 0.5) is 0 Å². The van der Waals surface area contributed by atoms with Crippen LogP contribution in [-0.4, -0.2) is 15.3 Å². The van der Waals surface area contributed by atoms with Gasteiger partial charge in [0.1, 0.15) is 5.75 Å². The molecule has 2 aromatic carbocycles. The molecule has 1 atom stereocenters. The number of carbonyl (C=O) groups excluding carboxylic acids is 1. The van der Waals surface area contributed by atoms with Crippen molar-refractivity contribution >= 4 is 29.0 Å². The molecular formula is C20H18Cl2N2O2. The summed E-state index contributed by atoms with van der Waals surface area (Å²) >= 11 is 12.2. The molecule has 0 saturated heterocycles. The smallest absolute Gasteiger partial charge is 0.241 e. The van der Waals surface area contributed by atoms with E-state index in [0.29, 0.717) is 16.3 Å². The average molecular weight is 389 g/mol. The summed E-state index contributed by atoms with van der Waals surface area (Å²) in [4.78, 5) is 17.2. The van der Waals surface area contributed by atoms with Gasteiger partial charge in [0.25, 0.3) is 0 Å². The largest absolute Gasteiger partial charge is 0.462 e. The van der Waals surface area contributed by atoms with Gasteiger partial charge in [0.05, 0.1) is 11.3 Å². The summed E-state index contributed by atoms with van der Waals surface area (Å²) in [5.74, 6) is 0.631. The van der Waals surface area contributed by atoms with Gasteiger partial charge in [-0.1, -0.05) is 55.2 Å². The van der Waals surface area contributed by atoms with E-state index in [1.807, 2.05) is 24.3 Å². The van der Waals surface area contributed by atoms with Gasteiger partial charge in [-0.05, 0) is 35.7 Å². The Morgan fingerprint density at radius 1 is 1.15 bits per heavy atom. The number of nitrogens with zero attached hydrogens (tertiary/aromatic N) is 2. The quantitative estimate of drug-likeness (QED) is 0.503. The topological polar surface area (TPSA) is 44.1 Å². The Morgan fingerprint density at radius 3 is 2.58 bits per heavy atom. The summed E-state index contributed by atoms with van der Waals surface area (Å²) in [5, 5.41) is 0.755. The molecule has 0 N–H and O–H groups in total. The Hall–Kier alpha value is -2.30. The van der Waals surface area contributed by atoms with E-state index in [-0.39, 0.29) is 16.7 Å². The third kappa shape index (κ3) is 3.92. The monoisotopic (exact) mass is 388 g/mol. The van der Waals surface area contributed by atoms with E-state index < -0.39 is 6.23 Å². The van der Waals surface area contributed by atoms with Crippen LogP contribution in [0, 0.1) is 0 Å². The minimum atomic E-state index is -0.920. The summed E-state index contributed by atoms with van der Waals surface area (Å²) < 4.78 is 7.75. The molecule has 0 saturated carbocycles. The molecule has 26 heavy (non-hydrogen) atoms. The number of Topliss-reactive ketones (excluding diaryl/α,β-unsaturated/α-hetero) is 1. The Labute approximate surface area is 162 Å². The van der Waals surface area contributed by atoms with Crippen LogP contribution in [0.2, 0.25) is 10.0 Å². The zero-order chi connectivity index (χ0) is 18.7. The van der Waals surface area contributed by atoms with E-state index in [0.717, 1.165) is 5.56 Å². The second-order valence-electron chi connectivity index (χ2n) is 6.16. The third-order valence-corrected chi connectivity index (χ3v) is 4.54. The molecule has 6 heteroatoms. The van der Waals surface area contributed by atoms with Crippen molar-refractivity contribution in [3.8, 4) is 5.75 Å². The van der Waals surface area contributed by atoms with Gasteiger partial charge in [0.15, 0.2) is 0 Å². The average Bonchev–Trinajstić information content (AvgIpc) is 3.13. The Balaban J connectivity index is 2.01. The fourth-order valence-corrected chi connectivity index (χ4v) is 3.17. The van der Waals surface area contributed by atoms with E-state index >= 15 is 0 Å². The number of rotatable bonds is 6. The lowest BCUT2D eigenvalue weighted by Crippen LogP contribution is -2.25. The summed E-state index contributed by atoms with van der Waals surface area (Å²) in [6.07, 6.45) is 3.91. The maximum Gasteiger partial charge on any atom is 0.241 e. The molecule has 0 aliphatic heterocycles. The van der Waals surface area contributed by atoms with Gasteiger partial charge in [-0.2, -0.15) is 0 Å². The minimum Gasteiger partial charge on any atom is -0.462 e. The van der Waals surface area contributed by atoms with E-state index in [1.54, 1.807) is 41.5 Å². The van der Waals surface area contributed by atoms with Crippen molar-refractivity contribution < 1.29 is 9.53 Å². The van der Waals surface area contributed by atoms with Crippen molar-refractivity contribution in [1.82, 2.24) is 9.55 Å². The van der Waals surface area contributed by atoms with Crippen LogP contribution in [0.1, 0.15) is 41.9 Å². The third-order valence-electron chi connectivity index (χ3n) is 4.00. The summed E-state index contributed by atoms with van der Waals surface area (Å²) in [6, 6.07) is 12.5. The molecule has 0 bridgehead atoms. The van der Waals surface area contributed by atoms with Crippen LogP contribution in [0.5, 0.6) is 5.75 Å². The molecule has 1 aromatic heterocycles. The lowest BCUT2D eigenvalue weighted by atomic mass is 10.0. The highest BCUT2D eigenvalue weighted by Gasteiger charge is 2.26. The van der Waals surface area contributed by atoms with Crippen molar-refractivity contribution in [3.05, 3.63) is 82.4 Å². The summed E-state index contributed by atoms with van der Waals surface area (Å²) in [5.41, 5.74) is 1.37. The number of benzene rings is 2. The second kappa shape index (κ2) is 7.94. The molecule has 0 aliphatic carbocycles. The Morgan fingerprint density at radius 2 is 1.92 bits per heavy atom. The van der Waals surface area contributed by atoms with E-state index in [1.165, 1.54) is 0 Å². The first-order valence-electron chi connectivity index (χ1n) is 8.19. The molecule has 134 valence electrons. The van der Waals surface area contributed by atoms with Gasteiger partial charge >= 0.3 is 0 Å². The van der Waals surface area contributed by atoms with Crippen LogP contribution < -0.4 is 4.74 Å². The van der Waals surface area contributed by atoms with Crippen LogP contribution >= 0.6 is 23.2 Å². The van der Waals surface area contributed by atoms with Crippen molar-refractivity contribution in [2.45, 2.75) is 26.0 Å². The SMILES string of the molecule is CC(C)c1ccccc1OC(C(=O)c1ccc(Cl)cc1Cl)n1ccnc1. The number of para-hydroxylation sites is 1. The maximum absolute atomic E-state index is 13.2. The second-order valence-corrected chi connectivity index (χ2v) is 7.00. The van der Waals surface area contributed by atoms with Gasteiger partial charge in [-0.3, -0.25) is 9.36 Å². The number of imidazole rings is 1. The van der Waals surface area contributed by atoms with Gasteiger partial charge in [0.2, 0.25) is 12.0 Å². The Kier molecular flexibility index (Phi) is 5.64. The summed E-state index contributed by atoms with van der Waals surface area (Å²) in [7, 11) is 0. The van der Waals surface area contributed by atoms with Gasteiger partial charge in [-0.15, -0.1) is 0 Å². The van der Waals surface area contributed by atoms with Gasteiger partial charge in [0, 0.05) is 23.0 Å². The molecule has 0 amide bonds. The predicted octanol–water partition coefficient (Wildman–Crippen LogP) is 5.77. The predicted molar refractivity (Wildman–Crippen MR) is 103 cm³/mol. The first-order chi connectivity index (χ1) is 12.5. The van der Waals surface area contributed by atoms with Crippen molar-refractivity contribution in [2.75, 3.05) is 0 Å². The van der Waals surface area contributed by atoms with Crippen LogP contribution in [0.3, 0.4) is 0 Å². The lowest BCUT2D eigenvalue weighted by Gasteiger charge is -2.22. The lowest BCUT2D eigenvalue weighted by molar-refractivity contribution is 0.0650. The van der Waals surface area contributed by atoms with Crippen LogP contribution in [0.25, 0.3) is 0 Å². The molecule has 3 rings (SSSR count). The zero-order valence-corrected chi connectivity index (χ0v) is 15.9. The van der Waals surface area contributed by atoms with E-state index in [9.17, 15) is 4.79 Å². The Bertz CT molecular complexity index is 908. The highest BCUT2D eigenvalue weighted by Crippen LogP contribution is 2.31. The first-order valence-corrected chi connectivity index (χ1v) is 8.95. The van der Waals surface area contributed by atoms with Gasteiger partial charge < -0.3 is 4.74 Å². The number of halogens is 2. The van der Waals surface area contributed by atoms with Gasteiger partial charge in [-0.25, -0.2) is 4.98 Å². The molecular weight excluding hydrogens is 371 g/mol. The van der Waals surface area contributed by atoms with Crippen LogP contribution in [-0.2, 0) is 0 Å². The van der Waals surface area contributed by atoms with Crippen molar-refractivity contribution in [3.63, 3.8) is 0 Å². The van der Waals surface area contributed by atoms with Crippen LogP contribution in [0.15, 0.2) is 61.2 Å². The number of ether oxygens (including phenoxy) is 1. The fraction of sp³-hybridized carbons (Fsp3) is 0.200. The molecule has 0 fully saturated rings. The zero-order valence-electron chi connectivity index (χ0n) is 14.4. The highest BCUT2D eigenvalue weighted by molar-refractivity contribution is 6.36. The molecule has 3 aromatic rings. The number of hydrogen-bond donors (Lipinski definition) is 0. The first kappa shape index (κ1) is 18.5. The number of ketones is 1. The number of aromatic nitrogens is 2. The minimum absolute atomic E-state index is 0.254.